The van der Waals surface area contributed by atoms with Crippen molar-refractivity contribution in [1.82, 2.24) is 15.0 Å². The highest BCUT2D eigenvalue weighted by Crippen LogP contribution is 2.43. The number of thiophene rings is 1. The zero-order valence-corrected chi connectivity index (χ0v) is 28.8. The topological polar surface area (TPSA) is 51.8 Å². The minimum Gasteiger partial charge on any atom is -0.455 e. The van der Waals surface area contributed by atoms with Crippen molar-refractivity contribution < 1.29 is 4.42 Å². The van der Waals surface area contributed by atoms with E-state index in [4.69, 9.17) is 19.4 Å². The molecule has 3 aromatic heterocycles. The minimum atomic E-state index is 0.619. The highest BCUT2D eigenvalue weighted by atomic mass is 32.1. The van der Waals surface area contributed by atoms with Gasteiger partial charge in [0.25, 0.3) is 0 Å². The molecule has 0 saturated heterocycles. The van der Waals surface area contributed by atoms with Crippen LogP contribution in [0.25, 0.3) is 104 Å². The second-order valence-corrected chi connectivity index (χ2v) is 14.5. The lowest BCUT2D eigenvalue weighted by atomic mass is 9.95. The van der Waals surface area contributed by atoms with E-state index < -0.39 is 0 Å². The number of aryl methyl sites for hydroxylation is 1. The fraction of sp³-hybridized carbons (Fsp3) is 0.0426. The second kappa shape index (κ2) is 11.6. The van der Waals surface area contributed by atoms with Gasteiger partial charge in [-0.1, -0.05) is 109 Å². The quantitative estimate of drug-likeness (QED) is 0.185. The number of hydrogen-bond donors (Lipinski definition) is 0. The van der Waals surface area contributed by atoms with Crippen LogP contribution < -0.4 is 0 Å². The molecule has 0 bridgehead atoms. The molecule has 4 nitrogen and oxygen atoms in total. The summed E-state index contributed by atoms with van der Waals surface area (Å²) in [6.45, 7) is 0. The molecule has 0 amide bonds. The van der Waals surface area contributed by atoms with Gasteiger partial charge in [-0.05, 0) is 82.8 Å². The van der Waals surface area contributed by atoms with Gasteiger partial charge in [0.15, 0.2) is 17.5 Å². The Labute approximate surface area is 303 Å². The van der Waals surface area contributed by atoms with E-state index in [0.717, 1.165) is 62.6 Å². The van der Waals surface area contributed by atoms with Gasteiger partial charge in [-0.3, -0.25) is 0 Å². The van der Waals surface area contributed by atoms with Gasteiger partial charge in [-0.25, -0.2) is 15.0 Å². The molecule has 0 radical (unpaired) electrons. The van der Waals surface area contributed by atoms with Gasteiger partial charge < -0.3 is 4.42 Å². The number of fused-ring (bicyclic) bond motifs is 8. The fourth-order valence-electron chi connectivity index (χ4n) is 7.83. The summed E-state index contributed by atoms with van der Waals surface area (Å²) < 4.78 is 9.14. The van der Waals surface area contributed by atoms with E-state index in [1.807, 2.05) is 12.1 Å². The molecule has 5 heteroatoms. The first-order chi connectivity index (χ1) is 25.7. The third kappa shape index (κ3) is 4.63. The summed E-state index contributed by atoms with van der Waals surface area (Å²) in [7, 11) is 0. The number of benzene rings is 7. The van der Waals surface area contributed by atoms with Crippen molar-refractivity contribution in [1.29, 1.82) is 0 Å². The highest BCUT2D eigenvalue weighted by Gasteiger charge is 2.22. The summed E-state index contributed by atoms with van der Waals surface area (Å²) in [5, 5.41) is 6.89. The molecular weight excluding hydrogens is 655 g/mol. The van der Waals surface area contributed by atoms with Crippen LogP contribution in [-0.4, -0.2) is 15.0 Å². The van der Waals surface area contributed by atoms with Crippen LogP contribution in [0.4, 0.5) is 0 Å². The van der Waals surface area contributed by atoms with Crippen molar-refractivity contribution >= 4 is 70.3 Å². The first-order valence-corrected chi connectivity index (χ1v) is 18.5. The van der Waals surface area contributed by atoms with Crippen molar-refractivity contribution in [3.05, 3.63) is 157 Å². The van der Waals surface area contributed by atoms with Crippen LogP contribution in [0.5, 0.6) is 0 Å². The number of rotatable bonds is 4. The lowest BCUT2D eigenvalue weighted by Crippen LogP contribution is -2.02. The van der Waals surface area contributed by atoms with E-state index in [0.29, 0.717) is 17.5 Å². The second-order valence-electron chi connectivity index (χ2n) is 13.5. The molecule has 1 aliphatic rings. The largest absolute Gasteiger partial charge is 0.455 e. The molecule has 0 spiro atoms. The molecule has 0 unspecified atom stereocenters. The van der Waals surface area contributed by atoms with Crippen LogP contribution in [0.1, 0.15) is 17.5 Å². The molecule has 52 heavy (non-hydrogen) atoms. The predicted molar refractivity (Wildman–Crippen MR) is 217 cm³/mol. The molecule has 7 aromatic carbocycles. The van der Waals surface area contributed by atoms with Gasteiger partial charge in [0.1, 0.15) is 11.2 Å². The van der Waals surface area contributed by atoms with Crippen molar-refractivity contribution in [2.24, 2.45) is 0 Å². The number of aromatic nitrogens is 3. The van der Waals surface area contributed by atoms with Crippen LogP contribution in [0.15, 0.2) is 150 Å². The number of para-hydroxylation sites is 1. The lowest BCUT2D eigenvalue weighted by molar-refractivity contribution is 0.670. The SMILES string of the molecule is C1=Cc2cc(-c3nc(-c4cccc5c4sc4ccccc45)nc(-c4ccc(-c5ccc6ccccc6c5)c5oc6ccccc6c45)n3)ccc2CC1. The number of nitrogens with zero attached hydrogens (tertiary/aromatic N) is 3. The summed E-state index contributed by atoms with van der Waals surface area (Å²) >= 11 is 1.79. The van der Waals surface area contributed by atoms with Gasteiger partial charge in [-0.2, -0.15) is 0 Å². The summed E-state index contributed by atoms with van der Waals surface area (Å²) in [6.07, 6.45) is 6.57. The Morgan fingerprint density at radius 2 is 1.29 bits per heavy atom. The van der Waals surface area contributed by atoms with Crippen LogP contribution in [-0.2, 0) is 6.42 Å². The van der Waals surface area contributed by atoms with E-state index >= 15 is 0 Å². The minimum absolute atomic E-state index is 0.619. The molecular formula is C47H29N3OS. The molecule has 0 aliphatic heterocycles. The summed E-state index contributed by atoms with van der Waals surface area (Å²) in [5.74, 6) is 1.93. The van der Waals surface area contributed by atoms with Gasteiger partial charge in [-0.15, -0.1) is 11.3 Å². The third-order valence-corrected chi connectivity index (χ3v) is 11.6. The Kier molecular flexibility index (Phi) is 6.51. The monoisotopic (exact) mass is 683 g/mol. The summed E-state index contributed by atoms with van der Waals surface area (Å²) in [4.78, 5) is 15.8. The molecule has 0 N–H and O–H groups in total. The number of hydrogen-bond acceptors (Lipinski definition) is 5. The maximum absolute atomic E-state index is 6.72. The normalized spacial score (nSPS) is 12.8. The van der Waals surface area contributed by atoms with Crippen molar-refractivity contribution in [2.75, 3.05) is 0 Å². The molecule has 1 aliphatic carbocycles. The zero-order chi connectivity index (χ0) is 34.2. The number of furan rings is 1. The van der Waals surface area contributed by atoms with Crippen LogP contribution in [0.2, 0.25) is 0 Å². The Balaban J connectivity index is 1.18. The first kappa shape index (κ1) is 29.3. The van der Waals surface area contributed by atoms with Crippen molar-refractivity contribution in [3.8, 4) is 45.3 Å². The van der Waals surface area contributed by atoms with Crippen LogP contribution >= 0.6 is 11.3 Å². The molecule has 0 fully saturated rings. The van der Waals surface area contributed by atoms with Gasteiger partial charge in [0, 0.05) is 53.2 Å². The standard InChI is InChI=1S/C47H29N3OS/c1-3-12-30-26-32(22-20-28(30)10-1)34-24-25-38(42-37-15-5-7-18-40(37)51-43(34)42)46-48-45(33-23-21-29-11-2-4-13-31(29)27-33)49-47(50-46)39-17-9-16-36-35-14-6-8-19-41(35)52-44(36)39/h1,3-10,12-27H,2,11H2. The van der Waals surface area contributed by atoms with Crippen LogP contribution in [0, 0.1) is 0 Å². The summed E-state index contributed by atoms with van der Waals surface area (Å²) in [6, 6.07) is 49.3. The van der Waals surface area contributed by atoms with Crippen molar-refractivity contribution in [2.45, 2.75) is 12.8 Å². The maximum Gasteiger partial charge on any atom is 0.165 e. The summed E-state index contributed by atoms with van der Waals surface area (Å²) in [5.41, 5.74) is 9.25. The fourth-order valence-corrected chi connectivity index (χ4v) is 9.05. The Morgan fingerprint density at radius 3 is 2.23 bits per heavy atom. The van der Waals surface area contributed by atoms with Crippen molar-refractivity contribution in [3.63, 3.8) is 0 Å². The molecule has 3 heterocycles. The van der Waals surface area contributed by atoms with E-state index in [-0.39, 0.29) is 0 Å². The average Bonchev–Trinajstić information content (AvgIpc) is 3.79. The molecule has 10 aromatic rings. The van der Waals surface area contributed by atoms with E-state index in [2.05, 4.69) is 140 Å². The number of allylic oxidation sites excluding steroid dienone is 1. The Hall–Kier alpha value is -6.43. The molecule has 244 valence electrons. The van der Waals surface area contributed by atoms with Gasteiger partial charge in [0.05, 0.1) is 0 Å². The lowest BCUT2D eigenvalue weighted by Gasteiger charge is -2.14. The van der Waals surface area contributed by atoms with Gasteiger partial charge >= 0.3 is 0 Å². The molecule has 0 atom stereocenters. The molecule has 0 saturated carbocycles. The molecule has 11 rings (SSSR count). The highest BCUT2D eigenvalue weighted by molar-refractivity contribution is 7.26. The van der Waals surface area contributed by atoms with E-state index in [1.165, 1.54) is 42.1 Å². The predicted octanol–water partition coefficient (Wildman–Crippen LogP) is 12.9. The van der Waals surface area contributed by atoms with Crippen LogP contribution in [0.3, 0.4) is 0 Å². The Bertz CT molecular complexity index is 3100. The maximum atomic E-state index is 6.72. The smallest absolute Gasteiger partial charge is 0.165 e. The van der Waals surface area contributed by atoms with Gasteiger partial charge in [0.2, 0.25) is 0 Å². The first-order valence-electron chi connectivity index (χ1n) is 17.7. The zero-order valence-electron chi connectivity index (χ0n) is 28.0. The average molecular weight is 684 g/mol. The van der Waals surface area contributed by atoms with E-state index in [1.54, 1.807) is 11.3 Å². The third-order valence-electron chi connectivity index (χ3n) is 10.4. The van der Waals surface area contributed by atoms with E-state index in [9.17, 15) is 0 Å². The Morgan fingerprint density at radius 1 is 0.538 bits per heavy atom.